The Morgan fingerprint density at radius 2 is 1.48 bits per heavy atom. The molecule has 162 valence electrons. The highest BCUT2D eigenvalue weighted by molar-refractivity contribution is 5.80. The Morgan fingerprint density at radius 1 is 0.862 bits per heavy atom. The van der Waals surface area contributed by atoms with Gasteiger partial charge in [0.1, 0.15) is 5.75 Å². The number of unbranched alkanes of at least 4 members (excludes halogenated alkanes) is 8. The number of aldehydes is 1. The predicted molar refractivity (Wildman–Crippen MR) is 125 cm³/mol. The Morgan fingerprint density at radius 3 is 2.17 bits per heavy atom. The smallest absolute Gasteiger partial charge is 0.154 e. The van der Waals surface area contributed by atoms with Crippen molar-refractivity contribution < 1.29 is 9.53 Å². The molecule has 0 bridgehead atoms. The molecule has 0 fully saturated rings. The molecule has 29 heavy (non-hydrogen) atoms. The number of ether oxygens (including phenoxy) is 1. The summed E-state index contributed by atoms with van der Waals surface area (Å²) in [7, 11) is 0. The molecule has 0 amide bonds. The second-order valence-electron chi connectivity index (χ2n) is 8.67. The van der Waals surface area contributed by atoms with Gasteiger partial charge in [0.15, 0.2) is 6.29 Å². The molecule has 0 radical (unpaired) electrons. The van der Waals surface area contributed by atoms with Gasteiger partial charge in [-0.25, -0.2) is 0 Å². The molecule has 0 heterocycles. The number of benzene rings is 1. The highest BCUT2D eigenvalue weighted by atomic mass is 16.5. The molecule has 1 unspecified atom stereocenters. The van der Waals surface area contributed by atoms with Crippen LogP contribution in [0.2, 0.25) is 0 Å². The monoisotopic (exact) mass is 398 g/mol. The SMILES string of the molecule is CCCCCCCCC(CCCCCC)COc1ccc2c(c1C=O)=CCCC=2. The summed E-state index contributed by atoms with van der Waals surface area (Å²) in [6, 6.07) is 4.11. The summed E-state index contributed by atoms with van der Waals surface area (Å²) in [6.07, 6.45) is 23.2. The number of fused-ring (bicyclic) bond motifs is 1. The van der Waals surface area contributed by atoms with Gasteiger partial charge in [-0.1, -0.05) is 96.3 Å². The van der Waals surface area contributed by atoms with Crippen LogP contribution in [0.25, 0.3) is 12.2 Å². The summed E-state index contributed by atoms with van der Waals surface area (Å²) in [5.41, 5.74) is 0.739. The summed E-state index contributed by atoms with van der Waals surface area (Å²) in [5.74, 6) is 1.37. The summed E-state index contributed by atoms with van der Waals surface area (Å²) >= 11 is 0. The zero-order chi connectivity index (χ0) is 20.7. The normalized spacial score (nSPS) is 13.9. The van der Waals surface area contributed by atoms with Gasteiger partial charge in [0.05, 0.1) is 12.2 Å². The third-order valence-corrected chi connectivity index (χ3v) is 6.18. The van der Waals surface area contributed by atoms with Crippen LogP contribution >= 0.6 is 0 Å². The van der Waals surface area contributed by atoms with Crippen molar-refractivity contribution in [2.24, 2.45) is 5.92 Å². The van der Waals surface area contributed by atoms with Crippen LogP contribution in [0.4, 0.5) is 0 Å². The molecule has 0 aromatic heterocycles. The minimum atomic E-state index is 0.601. The predicted octanol–water partition coefficient (Wildman–Crippen LogP) is 6.57. The average Bonchev–Trinajstić information content (AvgIpc) is 2.76. The first-order valence-corrected chi connectivity index (χ1v) is 12.2. The Kier molecular flexibility index (Phi) is 11.8. The van der Waals surface area contributed by atoms with Crippen LogP contribution in [0.15, 0.2) is 12.1 Å². The minimum Gasteiger partial charge on any atom is -0.493 e. The Balaban J connectivity index is 1.92. The highest BCUT2D eigenvalue weighted by Gasteiger charge is 2.13. The van der Waals surface area contributed by atoms with E-state index in [2.05, 4.69) is 32.1 Å². The number of hydrogen-bond acceptors (Lipinski definition) is 2. The van der Waals surface area contributed by atoms with Gasteiger partial charge in [-0.05, 0) is 48.1 Å². The second kappa shape index (κ2) is 14.4. The van der Waals surface area contributed by atoms with Gasteiger partial charge in [-0.3, -0.25) is 4.79 Å². The molecule has 1 atom stereocenters. The molecule has 0 saturated carbocycles. The van der Waals surface area contributed by atoms with E-state index in [1.807, 2.05) is 6.07 Å². The summed E-state index contributed by atoms with van der Waals surface area (Å²) in [6.45, 7) is 5.28. The Labute approximate surface area is 178 Å². The Hall–Kier alpha value is -1.57. The van der Waals surface area contributed by atoms with E-state index in [4.69, 9.17) is 4.74 Å². The minimum absolute atomic E-state index is 0.601. The molecular formula is C27H42O2. The van der Waals surface area contributed by atoms with Gasteiger partial charge in [0, 0.05) is 0 Å². The third-order valence-electron chi connectivity index (χ3n) is 6.18. The maximum Gasteiger partial charge on any atom is 0.154 e. The fourth-order valence-electron chi connectivity index (χ4n) is 4.34. The van der Waals surface area contributed by atoms with E-state index in [0.29, 0.717) is 5.92 Å². The van der Waals surface area contributed by atoms with Crippen molar-refractivity contribution in [1.29, 1.82) is 0 Å². The molecule has 0 saturated heterocycles. The van der Waals surface area contributed by atoms with E-state index in [9.17, 15) is 4.79 Å². The van der Waals surface area contributed by atoms with E-state index in [1.165, 1.54) is 82.3 Å². The van der Waals surface area contributed by atoms with Crippen molar-refractivity contribution in [3.63, 3.8) is 0 Å². The van der Waals surface area contributed by atoms with Gasteiger partial charge >= 0.3 is 0 Å². The molecule has 1 aromatic rings. The number of hydrogen-bond donors (Lipinski definition) is 0. The van der Waals surface area contributed by atoms with E-state index in [0.717, 1.165) is 42.3 Å². The van der Waals surface area contributed by atoms with Crippen molar-refractivity contribution in [1.82, 2.24) is 0 Å². The van der Waals surface area contributed by atoms with Crippen LogP contribution in [0.1, 0.15) is 114 Å². The lowest BCUT2D eigenvalue weighted by Gasteiger charge is -2.19. The van der Waals surface area contributed by atoms with Crippen molar-refractivity contribution in [2.75, 3.05) is 6.61 Å². The third kappa shape index (κ3) is 8.36. The quantitative estimate of drug-likeness (QED) is 0.232. The zero-order valence-electron chi connectivity index (χ0n) is 18.9. The van der Waals surface area contributed by atoms with Gasteiger partial charge < -0.3 is 4.74 Å². The van der Waals surface area contributed by atoms with E-state index in [1.54, 1.807) is 0 Å². The lowest BCUT2D eigenvalue weighted by Crippen LogP contribution is -2.31. The largest absolute Gasteiger partial charge is 0.493 e. The van der Waals surface area contributed by atoms with Crippen LogP contribution in [0.5, 0.6) is 5.75 Å². The second-order valence-corrected chi connectivity index (χ2v) is 8.67. The van der Waals surface area contributed by atoms with Crippen LogP contribution in [0.3, 0.4) is 0 Å². The van der Waals surface area contributed by atoms with Crippen molar-refractivity contribution >= 4 is 18.4 Å². The van der Waals surface area contributed by atoms with E-state index < -0.39 is 0 Å². The molecule has 2 heteroatoms. The van der Waals surface area contributed by atoms with Crippen LogP contribution in [-0.2, 0) is 0 Å². The topological polar surface area (TPSA) is 26.3 Å². The maximum absolute atomic E-state index is 11.8. The van der Waals surface area contributed by atoms with Crippen molar-refractivity contribution in [3.8, 4) is 5.75 Å². The number of rotatable bonds is 16. The first kappa shape index (κ1) is 23.7. The van der Waals surface area contributed by atoms with Gasteiger partial charge in [0.25, 0.3) is 0 Å². The molecule has 1 aliphatic carbocycles. The van der Waals surface area contributed by atoms with Gasteiger partial charge in [-0.2, -0.15) is 0 Å². The van der Waals surface area contributed by atoms with Gasteiger partial charge in [-0.15, -0.1) is 0 Å². The Bertz CT molecular complexity index is 704. The molecule has 2 rings (SSSR count). The molecule has 1 aliphatic rings. The van der Waals surface area contributed by atoms with Crippen LogP contribution < -0.4 is 15.2 Å². The summed E-state index contributed by atoms with van der Waals surface area (Å²) in [5, 5.41) is 2.24. The molecule has 2 nitrogen and oxygen atoms in total. The number of carbonyl (C=O) groups is 1. The molecule has 0 aliphatic heterocycles. The zero-order valence-corrected chi connectivity index (χ0v) is 18.9. The first-order chi connectivity index (χ1) is 14.3. The van der Waals surface area contributed by atoms with Gasteiger partial charge in [0.2, 0.25) is 0 Å². The number of carbonyl (C=O) groups excluding carboxylic acids is 1. The van der Waals surface area contributed by atoms with E-state index in [-0.39, 0.29) is 0 Å². The highest BCUT2D eigenvalue weighted by Crippen LogP contribution is 2.21. The van der Waals surface area contributed by atoms with Crippen molar-refractivity contribution in [3.05, 3.63) is 28.1 Å². The lowest BCUT2D eigenvalue weighted by molar-refractivity contribution is 0.111. The fraction of sp³-hybridized carbons (Fsp3) is 0.667. The average molecular weight is 399 g/mol. The molecule has 1 aromatic carbocycles. The standard InChI is InChI=1S/C27H42O2/c1-3-5-7-9-10-12-16-23(15-11-8-6-4-2)22-29-27-20-19-24-17-13-14-18-25(24)26(27)21-28/h17-21,23H,3-16,22H2,1-2H3. The fourth-order valence-corrected chi connectivity index (χ4v) is 4.34. The van der Waals surface area contributed by atoms with Crippen molar-refractivity contribution in [2.45, 2.75) is 104 Å². The molecular weight excluding hydrogens is 356 g/mol. The van der Waals surface area contributed by atoms with E-state index >= 15 is 0 Å². The maximum atomic E-state index is 11.8. The summed E-state index contributed by atoms with van der Waals surface area (Å²) in [4.78, 5) is 11.8. The molecule has 0 N–H and O–H groups in total. The van der Waals surface area contributed by atoms with Crippen LogP contribution in [0, 0.1) is 5.92 Å². The van der Waals surface area contributed by atoms with Crippen LogP contribution in [-0.4, -0.2) is 12.9 Å². The molecule has 0 spiro atoms. The lowest BCUT2D eigenvalue weighted by atomic mass is 9.95. The first-order valence-electron chi connectivity index (χ1n) is 12.2. The summed E-state index contributed by atoms with van der Waals surface area (Å²) < 4.78 is 6.24.